The number of nitrogen functional groups attached to an aromatic ring is 1. The van der Waals surface area contributed by atoms with Crippen molar-refractivity contribution in [2.45, 2.75) is 18.8 Å². The smallest absolute Gasteiger partial charge is 0.169 e. The minimum Gasteiger partial charge on any atom is -0.380 e. The number of hydrogen-bond donors (Lipinski definition) is 1. The first-order valence-electron chi connectivity index (χ1n) is 7.26. The maximum absolute atomic E-state index is 10.8. The second-order valence-electron chi connectivity index (χ2n) is 5.51. The SMILES string of the molecule is Nc1nnc(Cl)cc1N1CCC[C@H](c2ccc(C=O)cc2)C1. The molecular weight excluding hydrogens is 300 g/mol. The minimum absolute atomic E-state index is 0.349. The molecule has 0 radical (unpaired) electrons. The molecule has 0 saturated carbocycles. The summed E-state index contributed by atoms with van der Waals surface area (Å²) in [6.07, 6.45) is 3.05. The van der Waals surface area contributed by atoms with Gasteiger partial charge in [-0.05, 0) is 18.4 Å². The summed E-state index contributed by atoms with van der Waals surface area (Å²) in [6, 6.07) is 9.54. The van der Waals surface area contributed by atoms with Gasteiger partial charge in [0, 0.05) is 30.6 Å². The summed E-state index contributed by atoms with van der Waals surface area (Å²) in [5, 5.41) is 8.00. The number of rotatable bonds is 3. The number of aldehydes is 1. The summed E-state index contributed by atoms with van der Waals surface area (Å²) in [5.41, 5.74) is 8.71. The average Bonchev–Trinajstić information content (AvgIpc) is 2.57. The lowest BCUT2D eigenvalue weighted by Gasteiger charge is -2.35. The number of carbonyl (C=O) groups excluding carboxylic acids is 1. The molecule has 2 N–H and O–H groups in total. The lowest BCUT2D eigenvalue weighted by atomic mass is 9.90. The van der Waals surface area contributed by atoms with Crippen LogP contribution in [-0.4, -0.2) is 29.6 Å². The van der Waals surface area contributed by atoms with Crippen molar-refractivity contribution in [1.29, 1.82) is 0 Å². The van der Waals surface area contributed by atoms with Gasteiger partial charge in [0.2, 0.25) is 0 Å². The topological polar surface area (TPSA) is 72.1 Å². The van der Waals surface area contributed by atoms with Crippen molar-refractivity contribution in [3.05, 3.63) is 46.6 Å². The number of nitrogens with two attached hydrogens (primary N) is 1. The van der Waals surface area contributed by atoms with E-state index in [1.54, 1.807) is 6.07 Å². The fourth-order valence-electron chi connectivity index (χ4n) is 2.94. The van der Waals surface area contributed by atoms with E-state index < -0.39 is 0 Å². The molecule has 0 unspecified atom stereocenters. The third kappa shape index (κ3) is 3.04. The molecule has 1 atom stereocenters. The maximum atomic E-state index is 10.8. The molecule has 2 aromatic rings. The largest absolute Gasteiger partial charge is 0.380 e. The van der Waals surface area contributed by atoms with Crippen molar-refractivity contribution >= 4 is 29.4 Å². The normalized spacial score (nSPS) is 18.2. The van der Waals surface area contributed by atoms with E-state index in [-0.39, 0.29) is 0 Å². The molecule has 1 aliphatic rings. The van der Waals surface area contributed by atoms with Crippen LogP contribution in [0.2, 0.25) is 5.15 Å². The van der Waals surface area contributed by atoms with Gasteiger partial charge in [0.1, 0.15) is 6.29 Å². The molecule has 1 aliphatic heterocycles. The summed E-state index contributed by atoms with van der Waals surface area (Å²) >= 11 is 5.93. The summed E-state index contributed by atoms with van der Waals surface area (Å²) < 4.78 is 0. The van der Waals surface area contributed by atoms with Crippen LogP contribution in [-0.2, 0) is 0 Å². The Labute approximate surface area is 134 Å². The molecule has 0 spiro atoms. The highest BCUT2D eigenvalue weighted by Crippen LogP contribution is 2.32. The molecule has 6 heteroatoms. The Morgan fingerprint density at radius 1 is 1.27 bits per heavy atom. The van der Waals surface area contributed by atoms with Crippen LogP contribution in [0.25, 0.3) is 0 Å². The van der Waals surface area contributed by atoms with E-state index in [0.717, 1.165) is 37.9 Å². The summed E-state index contributed by atoms with van der Waals surface area (Å²) in [5.74, 6) is 0.808. The number of aromatic nitrogens is 2. The number of piperidine rings is 1. The molecule has 2 heterocycles. The van der Waals surface area contributed by atoms with Gasteiger partial charge in [-0.2, -0.15) is 0 Å². The van der Waals surface area contributed by atoms with Crippen LogP contribution in [0.3, 0.4) is 0 Å². The lowest BCUT2D eigenvalue weighted by Crippen LogP contribution is -2.35. The molecule has 3 rings (SSSR count). The number of anilines is 2. The molecule has 1 aromatic heterocycles. The first kappa shape index (κ1) is 14.8. The van der Waals surface area contributed by atoms with Crippen molar-refractivity contribution in [3.8, 4) is 0 Å². The monoisotopic (exact) mass is 316 g/mol. The van der Waals surface area contributed by atoms with Crippen LogP contribution < -0.4 is 10.6 Å². The fraction of sp³-hybridized carbons (Fsp3) is 0.312. The van der Waals surface area contributed by atoms with Crippen LogP contribution in [0.5, 0.6) is 0 Å². The molecule has 5 nitrogen and oxygen atoms in total. The van der Waals surface area contributed by atoms with E-state index in [9.17, 15) is 4.79 Å². The van der Waals surface area contributed by atoms with Crippen LogP contribution in [0.1, 0.15) is 34.7 Å². The summed E-state index contributed by atoms with van der Waals surface area (Å²) in [6.45, 7) is 1.78. The van der Waals surface area contributed by atoms with Gasteiger partial charge < -0.3 is 10.6 Å². The predicted molar refractivity (Wildman–Crippen MR) is 87.5 cm³/mol. The lowest BCUT2D eigenvalue weighted by molar-refractivity contribution is 0.112. The van der Waals surface area contributed by atoms with Gasteiger partial charge in [-0.3, -0.25) is 4.79 Å². The Kier molecular flexibility index (Phi) is 4.24. The molecule has 1 saturated heterocycles. The fourth-order valence-corrected chi connectivity index (χ4v) is 3.08. The maximum Gasteiger partial charge on any atom is 0.169 e. The second kappa shape index (κ2) is 6.32. The van der Waals surface area contributed by atoms with Crippen molar-refractivity contribution in [1.82, 2.24) is 10.2 Å². The van der Waals surface area contributed by atoms with E-state index in [1.165, 1.54) is 5.56 Å². The molecule has 1 fully saturated rings. The van der Waals surface area contributed by atoms with E-state index in [2.05, 4.69) is 15.1 Å². The number of nitrogens with zero attached hydrogens (tertiary/aromatic N) is 3. The Hall–Kier alpha value is -2.14. The molecule has 0 aliphatic carbocycles. The third-order valence-corrected chi connectivity index (χ3v) is 4.26. The first-order valence-corrected chi connectivity index (χ1v) is 7.64. The van der Waals surface area contributed by atoms with Gasteiger partial charge in [0.05, 0.1) is 5.69 Å². The number of halogens is 1. The van der Waals surface area contributed by atoms with Gasteiger partial charge in [0.25, 0.3) is 0 Å². The van der Waals surface area contributed by atoms with Gasteiger partial charge in [-0.25, -0.2) is 0 Å². The minimum atomic E-state index is 0.349. The van der Waals surface area contributed by atoms with E-state index in [4.69, 9.17) is 17.3 Å². The number of carbonyl (C=O) groups is 1. The standard InChI is InChI=1S/C16H17ClN4O/c17-15-8-14(16(18)20-19-15)21-7-1-2-13(9-21)12-5-3-11(10-22)4-6-12/h3-6,8,10,13H,1-2,7,9H2,(H2,18,20)/t13-/m0/s1. The first-order chi connectivity index (χ1) is 10.7. The Balaban J connectivity index is 1.81. The predicted octanol–water partition coefficient (Wildman–Crippen LogP) is 2.91. The van der Waals surface area contributed by atoms with Gasteiger partial charge in [-0.1, -0.05) is 35.9 Å². The molecule has 0 amide bonds. The molecule has 114 valence electrons. The highest BCUT2D eigenvalue weighted by Gasteiger charge is 2.23. The zero-order valence-electron chi connectivity index (χ0n) is 12.1. The molecule has 1 aromatic carbocycles. The van der Waals surface area contributed by atoms with Crippen molar-refractivity contribution < 1.29 is 4.79 Å². The molecule has 22 heavy (non-hydrogen) atoms. The van der Waals surface area contributed by atoms with Gasteiger partial charge in [-0.15, -0.1) is 10.2 Å². The van der Waals surface area contributed by atoms with Crippen LogP contribution in [0.15, 0.2) is 30.3 Å². The van der Waals surface area contributed by atoms with Crippen LogP contribution >= 0.6 is 11.6 Å². The quantitative estimate of drug-likeness (QED) is 0.881. The van der Waals surface area contributed by atoms with Crippen LogP contribution in [0.4, 0.5) is 11.5 Å². The van der Waals surface area contributed by atoms with E-state index in [0.29, 0.717) is 22.5 Å². The van der Waals surface area contributed by atoms with Crippen LogP contribution in [0, 0.1) is 0 Å². The Morgan fingerprint density at radius 2 is 2.05 bits per heavy atom. The molecular formula is C16H17ClN4O. The third-order valence-electron chi connectivity index (χ3n) is 4.08. The highest BCUT2D eigenvalue weighted by atomic mass is 35.5. The van der Waals surface area contributed by atoms with Gasteiger partial charge in [0.15, 0.2) is 11.0 Å². The van der Waals surface area contributed by atoms with Crippen molar-refractivity contribution in [3.63, 3.8) is 0 Å². The van der Waals surface area contributed by atoms with Crippen molar-refractivity contribution in [2.75, 3.05) is 23.7 Å². The zero-order valence-corrected chi connectivity index (χ0v) is 12.8. The van der Waals surface area contributed by atoms with Crippen molar-refractivity contribution in [2.24, 2.45) is 0 Å². The number of benzene rings is 1. The van der Waals surface area contributed by atoms with E-state index in [1.807, 2.05) is 24.3 Å². The summed E-state index contributed by atoms with van der Waals surface area (Å²) in [7, 11) is 0. The Bertz CT molecular complexity index is 674. The molecule has 0 bridgehead atoms. The second-order valence-corrected chi connectivity index (χ2v) is 5.89. The zero-order chi connectivity index (χ0) is 15.5. The van der Waals surface area contributed by atoms with E-state index >= 15 is 0 Å². The summed E-state index contributed by atoms with van der Waals surface area (Å²) in [4.78, 5) is 13.0. The van der Waals surface area contributed by atoms with Gasteiger partial charge >= 0.3 is 0 Å². The number of hydrogen-bond acceptors (Lipinski definition) is 5. The Morgan fingerprint density at radius 3 is 2.77 bits per heavy atom. The highest BCUT2D eigenvalue weighted by molar-refractivity contribution is 6.29. The average molecular weight is 317 g/mol.